The minimum Gasteiger partial charge on any atom is -0.393 e. The monoisotopic (exact) mass is 443 g/mol. The van der Waals surface area contributed by atoms with Gasteiger partial charge in [-0.2, -0.15) is 0 Å². The van der Waals surface area contributed by atoms with Gasteiger partial charge < -0.3 is 14.6 Å². The Morgan fingerprint density at radius 3 is 2.13 bits per heavy atom. The maximum Gasteiger partial charge on any atom is 0.120 e. The molecule has 0 saturated heterocycles. The number of carbonyl (C=O) groups excluding carboxylic acids is 1. The number of ether oxygens (including phenoxy) is 1. The second-order valence-corrected chi connectivity index (χ2v) is 10.2. The topological polar surface area (TPSA) is 72.5 Å². The van der Waals surface area contributed by atoms with E-state index in [4.69, 9.17) is 0 Å². The van der Waals surface area contributed by atoms with Gasteiger partial charge in [0.05, 0.1) is 6.10 Å². The van der Waals surface area contributed by atoms with E-state index in [-0.39, 0.29) is 6.10 Å². The maximum atomic E-state index is 11.1. The summed E-state index contributed by atoms with van der Waals surface area (Å²) in [6.07, 6.45) is 13.3. The minimum atomic E-state index is -0.0399. The highest BCUT2D eigenvalue weighted by atomic mass is 32.1. The third kappa shape index (κ3) is 5.44. The highest BCUT2D eigenvalue weighted by molar-refractivity contribution is 7.77. The summed E-state index contributed by atoms with van der Waals surface area (Å²) in [6.45, 7) is 9.06. The van der Waals surface area contributed by atoms with Crippen molar-refractivity contribution in [2.75, 3.05) is 14.2 Å². The van der Waals surface area contributed by atoms with E-state index >= 15 is 0 Å². The van der Waals surface area contributed by atoms with Crippen LogP contribution in [0.5, 0.6) is 0 Å². The van der Waals surface area contributed by atoms with Gasteiger partial charge in [0.25, 0.3) is 0 Å². The molecule has 0 bridgehead atoms. The molecule has 4 saturated carbocycles. The molecule has 4 aliphatic rings. The van der Waals surface area contributed by atoms with E-state index in [9.17, 15) is 9.90 Å². The molecule has 30 heavy (non-hydrogen) atoms. The lowest BCUT2D eigenvalue weighted by Crippen LogP contribution is -2.53. The number of hydrogen-bond acceptors (Lipinski definition) is 5. The van der Waals surface area contributed by atoms with Crippen LogP contribution in [0.1, 0.15) is 91.9 Å². The fraction of sp³-hybridized carbons (Fsp3) is 0.960. The van der Waals surface area contributed by atoms with Crippen molar-refractivity contribution in [3.05, 3.63) is 0 Å². The van der Waals surface area contributed by atoms with Crippen LogP contribution in [-0.2, 0) is 9.53 Å². The van der Waals surface area contributed by atoms with Crippen LogP contribution in [0.4, 0.5) is 0 Å². The third-order valence-electron chi connectivity index (χ3n) is 9.22. The standard InChI is InChI=1S/C21H34O2.C2H6O.C2H6.H3NS/c1-20-11-8-19-17(18(20)6-4-14(20)9-12-22)5-3-15-13-16(23)7-10-21(15,19)2;1-3-2;2*1-2/h12,14-19,23H,3-11,13H2,1-2H3;1-2H3;1-2H3;2H,1H2. The van der Waals surface area contributed by atoms with Gasteiger partial charge in [0.2, 0.25) is 0 Å². The average molecular weight is 444 g/mol. The molecule has 178 valence electrons. The Hall–Kier alpha value is -0.100. The molecule has 8 atom stereocenters. The van der Waals surface area contributed by atoms with Crippen molar-refractivity contribution in [2.45, 2.75) is 98.0 Å². The van der Waals surface area contributed by atoms with Gasteiger partial charge in [-0.3, -0.25) is 5.14 Å². The SMILES string of the molecule is CC.CC12CCC3C(CCC4CC(O)CCC43C)C1CCC2CC=O.COC.NS. The first-order chi connectivity index (χ1) is 14.4. The summed E-state index contributed by atoms with van der Waals surface area (Å²) < 4.78 is 4.25. The van der Waals surface area contributed by atoms with E-state index < -0.39 is 0 Å². The third-order valence-corrected chi connectivity index (χ3v) is 9.22. The number of methoxy groups -OCH3 is 1. The highest BCUT2D eigenvalue weighted by Gasteiger charge is 2.59. The second kappa shape index (κ2) is 12.8. The zero-order chi connectivity index (χ0) is 22.9. The van der Waals surface area contributed by atoms with E-state index in [2.05, 4.69) is 36.5 Å². The molecule has 5 heteroatoms. The normalized spacial score (nSPS) is 43.6. The Kier molecular flexibility index (Phi) is 11.9. The molecule has 4 aliphatic carbocycles. The molecule has 0 aromatic heterocycles. The number of aldehydes is 1. The lowest BCUT2D eigenvalue weighted by molar-refractivity contribution is -0.128. The summed E-state index contributed by atoms with van der Waals surface area (Å²) in [5, 5.41) is 14.3. The molecule has 0 aromatic carbocycles. The number of fused-ring (bicyclic) bond motifs is 5. The highest BCUT2D eigenvalue weighted by Crippen LogP contribution is 2.67. The Bertz CT molecular complexity index is 505. The van der Waals surface area contributed by atoms with E-state index in [0.717, 1.165) is 42.9 Å². The number of nitrogens with two attached hydrogens (primary N) is 1. The Balaban J connectivity index is 0.000000579. The quantitative estimate of drug-likeness (QED) is 0.379. The molecule has 0 aliphatic heterocycles. The van der Waals surface area contributed by atoms with Gasteiger partial charge in [0.15, 0.2) is 0 Å². The molecule has 0 heterocycles. The number of carbonyl (C=O) groups is 1. The van der Waals surface area contributed by atoms with Gasteiger partial charge in [0, 0.05) is 20.6 Å². The van der Waals surface area contributed by atoms with Gasteiger partial charge >= 0.3 is 0 Å². The molecule has 4 rings (SSSR count). The molecule has 8 unspecified atom stereocenters. The van der Waals surface area contributed by atoms with Crippen molar-refractivity contribution in [1.82, 2.24) is 0 Å². The number of aliphatic hydroxyl groups is 1. The predicted octanol–water partition coefficient (Wildman–Crippen LogP) is 5.67. The van der Waals surface area contributed by atoms with Gasteiger partial charge in [-0.15, -0.1) is 12.8 Å². The predicted molar refractivity (Wildman–Crippen MR) is 129 cm³/mol. The molecule has 3 N–H and O–H groups in total. The van der Waals surface area contributed by atoms with Gasteiger partial charge in [0.1, 0.15) is 6.29 Å². The first-order valence-electron chi connectivity index (χ1n) is 12.2. The zero-order valence-electron chi connectivity index (χ0n) is 20.4. The summed E-state index contributed by atoms with van der Waals surface area (Å²) in [4.78, 5) is 11.1. The van der Waals surface area contributed by atoms with Crippen LogP contribution < -0.4 is 5.14 Å². The van der Waals surface area contributed by atoms with Crippen LogP contribution in [-0.4, -0.2) is 31.7 Å². The number of hydrogen-bond donors (Lipinski definition) is 3. The lowest BCUT2D eigenvalue weighted by atomic mass is 9.44. The lowest BCUT2D eigenvalue weighted by Gasteiger charge is -2.61. The van der Waals surface area contributed by atoms with Crippen molar-refractivity contribution >= 4 is 19.1 Å². The zero-order valence-corrected chi connectivity index (χ0v) is 21.3. The van der Waals surface area contributed by atoms with Crippen LogP contribution >= 0.6 is 12.8 Å². The first-order valence-corrected chi connectivity index (χ1v) is 12.7. The van der Waals surface area contributed by atoms with Crippen LogP contribution in [0.2, 0.25) is 0 Å². The fourth-order valence-electron chi connectivity index (χ4n) is 7.85. The molecular weight excluding hydrogens is 394 g/mol. The van der Waals surface area contributed by atoms with Crippen molar-refractivity contribution in [2.24, 2.45) is 45.6 Å². The average Bonchev–Trinajstić information content (AvgIpc) is 3.09. The fourth-order valence-corrected chi connectivity index (χ4v) is 7.85. The van der Waals surface area contributed by atoms with Crippen LogP contribution in [0.25, 0.3) is 0 Å². The van der Waals surface area contributed by atoms with Gasteiger partial charge in [-0.05, 0) is 98.2 Å². The Labute approximate surface area is 191 Å². The van der Waals surface area contributed by atoms with Crippen molar-refractivity contribution in [3.8, 4) is 0 Å². The largest absolute Gasteiger partial charge is 0.393 e. The minimum absolute atomic E-state index is 0.0399. The summed E-state index contributed by atoms with van der Waals surface area (Å²) in [7, 11) is 3.25. The van der Waals surface area contributed by atoms with Crippen LogP contribution in [0.3, 0.4) is 0 Å². The molecule has 0 radical (unpaired) electrons. The van der Waals surface area contributed by atoms with E-state index in [1.165, 1.54) is 51.2 Å². The molecule has 0 amide bonds. The maximum absolute atomic E-state index is 11.1. The molecule has 0 spiro atoms. The van der Waals surface area contributed by atoms with Crippen molar-refractivity contribution in [1.29, 1.82) is 0 Å². The second-order valence-electron chi connectivity index (χ2n) is 10.2. The summed E-state index contributed by atoms with van der Waals surface area (Å²) in [5.74, 6) is 4.02. The molecule has 4 nitrogen and oxygen atoms in total. The number of aliphatic hydroxyl groups excluding tert-OH is 1. The van der Waals surface area contributed by atoms with E-state index in [1.54, 1.807) is 14.2 Å². The smallest absolute Gasteiger partial charge is 0.120 e. The molecule has 0 aromatic rings. The summed E-state index contributed by atoms with van der Waals surface area (Å²) in [6, 6.07) is 0. The molecular formula is C25H49NO3S. The van der Waals surface area contributed by atoms with E-state index in [1.807, 2.05) is 13.8 Å². The summed E-state index contributed by atoms with van der Waals surface area (Å²) in [5.41, 5.74) is 0.908. The van der Waals surface area contributed by atoms with Gasteiger partial charge in [-0.25, -0.2) is 0 Å². The molecule has 4 fully saturated rings. The first kappa shape index (κ1) is 27.9. The summed E-state index contributed by atoms with van der Waals surface area (Å²) >= 11 is 3.03. The van der Waals surface area contributed by atoms with Crippen molar-refractivity contribution in [3.63, 3.8) is 0 Å². The number of rotatable bonds is 2. The Morgan fingerprint density at radius 1 is 0.967 bits per heavy atom. The van der Waals surface area contributed by atoms with E-state index in [0.29, 0.717) is 16.7 Å². The Morgan fingerprint density at radius 2 is 1.53 bits per heavy atom. The number of thiol groups is 1. The van der Waals surface area contributed by atoms with Crippen LogP contribution in [0.15, 0.2) is 0 Å². The van der Waals surface area contributed by atoms with Crippen LogP contribution in [0, 0.1) is 40.4 Å². The van der Waals surface area contributed by atoms with Crippen molar-refractivity contribution < 1.29 is 14.6 Å². The van der Waals surface area contributed by atoms with Gasteiger partial charge in [-0.1, -0.05) is 27.7 Å².